The number of aldehydes is 1. The molecule has 3 atom stereocenters. The Bertz CT molecular complexity index is 1040. The van der Waals surface area contributed by atoms with Gasteiger partial charge >= 0.3 is 0 Å². The molecule has 1 fully saturated rings. The normalized spacial score (nSPS) is 20.7. The van der Waals surface area contributed by atoms with E-state index in [1.54, 1.807) is 23.1 Å². The summed E-state index contributed by atoms with van der Waals surface area (Å²) in [7, 11) is 1.46. The first-order valence-corrected chi connectivity index (χ1v) is 14.1. The molecule has 10 heteroatoms. The predicted molar refractivity (Wildman–Crippen MR) is 151 cm³/mol. The number of carbonyl (C=O) groups excluding carboxylic acids is 3. The summed E-state index contributed by atoms with van der Waals surface area (Å²) in [5.74, 6) is 0.601. The van der Waals surface area contributed by atoms with Gasteiger partial charge in [0.25, 0.3) is 0 Å². The number of ether oxygens (including phenoxy) is 2. The molecule has 0 spiro atoms. The zero-order valence-corrected chi connectivity index (χ0v) is 23.9. The second-order valence-electron chi connectivity index (χ2n) is 9.69. The second-order valence-corrected chi connectivity index (χ2v) is 10.9. The maximum Gasteiger partial charge on any atom is 0.247 e. The summed E-state index contributed by atoms with van der Waals surface area (Å²) in [6.07, 6.45) is 7.03. The monoisotopic (exact) mass is 640 g/mol. The Morgan fingerprint density at radius 2 is 2.05 bits per heavy atom. The Morgan fingerprint density at radius 1 is 1.29 bits per heavy atom. The summed E-state index contributed by atoms with van der Waals surface area (Å²) in [5, 5.41) is 23.4. The Hall–Kier alpha value is -2.44. The highest BCUT2D eigenvalue weighted by molar-refractivity contribution is 14.1. The van der Waals surface area contributed by atoms with Crippen LogP contribution in [0.2, 0.25) is 0 Å². The van der Waals surface area contributed by atoms with Crippen LogP contribution in [0.5, 0.6) is 11.5 Å². The summed E-state index contributed by atoms with van der Waals surface area (Å²) >= 11 is 2.03. The average molecular weight is 641 g/mol. The number of hydrogen-bond acceptors (Lipinski definition) is 7. The molecule has 1 aromatic rings. The first-order valence-electron chi connectivity index (χ1n) is 13.0. The van der Waals surface area contributed by atoms with Crippen molar-refractivity contribution >= 4 is 40.7 Å². The fourth-order valence-corrected chi connectivity index (χ4v) is 5.30. The van der Waals surface area contributed by atoms with Gasteiger partial charge in [-0.15, -0.1) is 6.58 Å². The van der Waals surface area contributed by atoms with E-state index in [9.17, 15) is 24.6 Å². The SMILES string of the molecule is C=CCCCCC(=O)N(CC1CC1)C1CC(C(=O)NCCO)=CC(Oc2c(I)cc(C=O)cc2OC)C1O. The molecular formula is C28H37IN2O7. The van der Waals surface area contributed by atoms with Crippen LogP contribution in [0.3, 0.4) is 0 Å². The number of unbranched alkanes of at least 4 members (excludes halogenated alkanes) is 2. The van der Waals surface area contributed by atoms with Gasteiger partial charge in [0.1, 0.15) is 18.5 Å². The molecule has 3 N–H and O–H groups in total. The number of amides is 2. The standard InChI is InChI=1S/C28H37IN2O7/c1-3-4-5-6-7-25(34)31(16-18-8-9-18)22-14-20(28(36)30-10-11-32)15-23(26(22)35)38-27-21(29)12-19(17-33)13-24(27)37-2/h3,12-13,15,17-18,22-23,26,32,35H,1,4-11,14,16H2,2H3,(H,30,36). The van der Waals surface area contributed by atoms with Crippen molar-refractivity contribution in [3.63, 3.8) is 0 Å². The largest absolute Gasteiger partial charge is 0.493 e. The van der Waals surface area contributed by atoms with Gasteiger partial charge in [0, 0.05) is 37.1 Å². The number of rotatable bonds is 15. The molecule has 2 aliphatic rings. The first kappa shape index (κ1) is 30.1. The Morgan fingerprint density at radius 3 is 2.68 bits per heavy atom. The van der Waals surface area contributed by atoms with Gasteiger partial charge in [0.2, 0.25) is 11.8 Å². The number of hydrogen-bond donors (Lipinski definition) is 3. The molecular weight excluding hydrogens is 603 g/mol. The molecule has 0 radical (unpaired) electrons. The van der Waals surface area contributed by atoms with Crippen molar-refractivity contribution in [1.82, 2.24) is 10.2 Å². The molecule has 9 nitrogen and oxygen atoms in total. The Labute approximate surface area is 237 Å². The topological polar surface area (TPSA) is 125 Å². The Balaban J connectivity index is 1.93. The first-order chi connectivity index (χ1) is 18.3. The van der Waals surface area contributed by atoms with Crippen LogP contribution in [-0.2, 0) is 9.59 Å². The minimum absolute atomic E-state index is 0.0525. The molecule has 208 valence electrons. The number of carbonyl (C=O) groups is 3. The number of aliphatic hydroxyl groups excluding tert-OH is 2. The summed E-state index contributed by atoms with van der Waals surface area (Å²) in [6, 6.07) is 2.52. The highest BCUT2D eigenvalue weighted by Crippen LogP contribution is 2.38. The van der Waals surface area contributed by atoms with Gasteiger partial charge in [-0.2, -0.15) is 0 Å². The molecule has 0 bridgehead atoms. The quantitative estimate of drug-likeness (QED) is 0.117. The summed E-state index contributed by atoms with van der Waals surface area (Å²) < 4.78 is 12.3. The number of benzene rings is 1. The number of nitrogens with one attached hydrogen (secondary N) is 1. The second kappa shape index (κ2) is 14.6. The van der Waals surface area contributed by atoms with Gasteiger partial charge in [-0.3, -0.25) is 14.4 Å². The summed E-state index contributed by atoms with van der Waals surface area (Å²) in [4.78, 5) is 39.4. The number of methoxy groups -OCH3 is 1. The third-order valence-electron chi connectivity index (χ3n) is 6.78. The molecule has 3 rings (SSSR count). The van der Waals surface area contributed by atoms with Crippen LogP contribution in [0.1, 0.15) is 55.3 Å². The van der Waals surface area contributed by atoms with Gasteiger partial charge < -0.3 is 29.9 Å². The van der Waals surface area contributed by atoms with Gasteiger partial charge in [-0.1, -0.05) is 6.08 Å². The van der Waals surface area contributed by atoms with Crippen LogP contribution >= 0.6 is 22.6 Å². The van der Waals surface area contributed by atoms with Gasteiger partial charge in [-0.25, -0.2) is 0 Å². The fraction of sp³-hybridized carbons (Fsp3) is 0.536. The number of halogens is 1. The van der Waals surface area contributed by atoms with Crippen molar-refractivity contribution in [3.05, 3.63) is 45.6 Å². The van der Waals surface area contributed by atoms with Crippen LogP contribution < -0.4 is 14.8 Å². The minimum atomic E-state index is -1.11. The van der Waals surface area contributed by atoms with E-state index in [0.717, 1.165) is 25.7 Å². The van der Waals surface area contributed by atoms with E-state index in [2.05, 4.69) is 11.9 Å². The van der Waals surface area contributed by atoms with Crippen LogP contribution in [0, 0.1) is 9.49 Å². The minimum Gasteiger partial charge on any atom is -0.493 e. The lowest BCUT2D eigenvalue weighted by Gasteiger charge is -2.41. The van der Waals surface area contributed by atoms with Crippen molar-refractivity contribution in [2.45, 2.75) is 63.2 Å². The van der Waals surface area contributed by atoms with E-state index in [0.29, 0.717) is 57.8 Å². The molecule has 0 saturated heterocycles. The van der Waals surface area contributed by atoms with Crippen LogP contribution in [0.4, 0.5) is 0 Å². The molecule has 0 aromatic heterocycles. The van der Waals surface area contributed by atoms with Crippen molar-refractivity contribution in [2.75, 3.05) is 26.8 Å². The molecule has 38 heavy (non-hydrogen) atoms. The lowest BCUT2D eigenvalue weighted by Crippen LogP contribution is -2.55. The van der Waals surface area contributed by atoms with Crippen LogP contribution in [0.25, 0.3) is 0 Å². The van der Waals surface area contributed by atoms with E-state index >= 15 is 0 Å². The van der Waals surface area contributed by atoms with Gasteiger partial charge in [0.05, 0.1) is 23.3 Å². The molecule has 3 unspecified atom stereocenters. The third kappa shape index (κ3) is 8.03. The highest BCUT2D eigenvalue weighted by Gasteiger charge is 2.42. The van der Waals surface area contributed by atoms with Gasteiger partial charge in [-0.05, 0) is 78.8 Å². The zero-order chi connectivity index (χ0) is 27.7. The van der Waals surface area contributed by atoms with E-state index < -0.39 is 18.2 Å². The molecule has 1 aromatic carbocycles. The molecule has 2 aliphatic carbocycles. The van der Waals surface area contributed by atoms with Crippen molar-refractivity contribution in [1.29, 1.82) is 0 Å². The highest BCUT2D eigenvalue weighted by atomic mass is 127. The number of aliphatic hydroxyl groups is 2. The molecule has 1 saturated carbocycles. The third-order valence-corrected chi connectivity index (χ3v) is 7.58. The van der Waals surface area contributed by atoms with E-state index in [1.165, 1.54) is 7.11 Å². The maximum atomic E-state index is 13.4. The predicted octanol–water partition coefficient (Wildman–Crippen LogP) is 3.01. The van der Waals surface area contributed by atoms with Crippen LogP contribution in [0.15, 0.2) is 36.4 Å². The van der Waals surface area contributed by atoms with E-state index in [1.807, 2.05) is 28.7 Å². The van der Waals surface area contributed by atoms with Crippen LogP contribution in [-0.4, -0.2) is 78.3 Å². The maximum absolute atomic E-state index is 13.4. The molecule has 2 amide bonds. The average Bonchev–Trinajstić information content (AvgIpc) is 3.74. The zero-order valence-electron chi connectivity index (χ0n) is 21.7. The lowest BCUT2D eigenvalue weighted by atomic mass is 9.87. The van der Waals surface area contributed by atoms with E-state index in [4.69, 9.17) is 9.47 Å². The number of allylic oxidation sites excluding steroid dienone is 1. The summed E-state index contributed by atoms with van der Waals surface area (Å²) in [6.45, 7) is 4.13. The molecule has 0 aliphatic heterocycles. The van der Waals surface area contributed by atoms with Crippen molar-refractivity contribution < 1.29 is 34.1 Å². The lowest BCUT2D eigenvalue weighted by molar-refractivity contribution is -0.139. The Kier molecular flexibility index (Phi) is 11.6. The molecule has 0 heterocycles. The summed E-state index contributed by atoms with van der Waals surface area (Å²) in [5.41, 5.74) is 0.787. The van der Waals surface area contributed by atoms with Crippen molar-refractivity contribution in [2.24, 2.45) is 5.92 Å². The van der Waals surface area contributed by atoms with Crippen molar-refractivity contribution in [3.8, 4) is 11.5 Å². The number of nitrogens with zero attached hydrogens (tertiary/aromatic N) is 1. The van der Waals surface area contributed by atoms with Gasteiger partial charge in [0.15, 0.2) is 11.5 Å². The van der Waals surface area contributed by atoms with E-state index in [-0.39, 0.29) is 31.4 Å². The fourth-order valence-electron chi connectivity index (χ4n) is 4.55. The smallest absolute Gasteiger partial charge is 0.247 e.